The zero-order chi connectivity index (χ0) is 14.0. The first-order valence-corrected chi connectivity index (χ1v) is 6.68. The van der Waals surface area contributed by atoms with Crippen LogP contribution >= 0.6 is 15.9 Å². The summed E-state index contributed by atoms with van der Waals surface area (Å²) in [6.07, 6.45) is -2.87. The molecular formula is C13H13BrF2O3. The van der Waals surface area contributed by atoms with Crippen molar-refractivity contribution in [3.05, 3.63) is 34.3 Å². The monoisotopic (exact) mass is 334 g/mol. The lowest BCUT2D eigenvalue weighted by Crippen LogP contribution is -2.22. The highest BCUT2D eigenvalue weighted by atomic mass is 79.9. The Morgan fingerprint density at radius 1 is 1.42 bits per heavy atom. The first-order valence-electron chi connectivity index (χ1n) is 5.89. The smallest absolute Gasteiger partial charge is 0.339 e. The van der Waals surface area contributed by atoms with Crippen LogP contribution in [0.2, 0.25) is 0 Å². The van der Waals surface area contributed by atoms with Gasteiger partial charge in [0, 0.05) is 17.3 Å². The summed E-state index contributed by atoms with van der Waals surface area (Å²) < 4.78 is 31.6. The van der Waals surface area contributed by atoms with Gasteiger partial charge in [0.1, 0.15) is 6.10 Å². The van der Waals surface area contributed by atoms with Gasteiger partial charge in [-0.3, -0.25) is 0 Å². The summed E-state index contributed by atoms with van der Waals surface area (Å²) >= 11 is 3.23. The molecule has 1 saturated carbocycles. The quantitative estimate of drug-likeness (QED) is 0.863. The first kappa shape index (κ1) is 14.4. The molecule has 0 aliphatic heterocycles. The molecule has 19 heavy (non-hydrogen) atoms. The molecule has 0 bridgehead atoms. The van der Waals surface area contributed by atoms with Gasteiger partial charge < -0.3 is 9.84 Å². The minimum Gasteiger partial charge on any atom is -0.460 e. The highest BCUT2D eigenvalue weighted by Crippen LogP contribution is 2.36. The van der Waals surface area contributed by atoms with Crippen LogP contribution in [-0.2, 0) is 9.53 Å². The number of alkyl halides is 2. The van der Waals surface area contributed by atoms with Crippen molar-refractivity contribution in [2.45, 2.75) is 37.4 Å². The Bertz CT molecular complexity index is 461. The van der Waals surface area contributed by atoms with Gasteiger partial charge in [0.15, 0.2) is 6.10 Å². The number of ether oxygens (including phenoxy) is 1. The van der Waals surface area contributed by atoms with Gasteiger partial charge in [-0.2, -0.15) is 0 Å². The van der Waals surface area contributed by atoms with Gasteiger partial charge >= 0.3 is 5.97 Å². The molecule has 0 radical (unpaired) electrons. The molecule has 0 saturated heterocycles. The van der Waals surface area contributed by atoms with E-state index >= 15 is 0 Å². The van der Waals surface area contributed by atoms with Crippen molar-refractivity contribution in [3.8, 4) is 0 Å². The Morgan fingerprint density at radius 2 is 2.05 bits per heavy atom. The van der Waals surface area contributed by atoms with Crippen LogP contribution in [0.1, 0.15) is 30.9 Å². The Hall–Kier alpha value is -1.01. The van der Waals surface area contributed by atoms with E-state index in [0.717, 1.165) is 4.47 Å². The van der Waals surface area contributed by atoms with E-state index in [0.29, 0.717) is 5.56 Å². The summed E-state index contributed by atoms with van der Waals surface area (Å²) in [5.41, 5.74) is 0.373. The summed E-state index contributed by atoms with van der Waals surface area (Å²) in [4.78, 5) is 11.7. The van der Waals surface area contributed by atoms with E-state index < -0.39 is 30.5 Å². The van der Waals surface area contributed by atoms with Crippen molar-refractivity contribution in [1.82, 2.24) is 0 Å². The number of aliphatic hydroxyl groups excluding tert-OH is 1. The topological polar surface area (TPSA) is 46.5 Å². The number of esters is 1. The molecule has 2 atom stereocenters. The molecule has 0 heterocycles. The van der Waals surface area contributed by atoms with Crippen molar-refractivity contribution in [3.63, 3.8) is 0 Å². The number of aliphatic hydroxyl groups is 1. The molecule has 1 aromatic rings. The molecule has 2 rings (SSSR count). The predicted molar refractivity (Wildman–Crippen MR) is 67.8 cm³/mol. The Morgan fingerprint density at radius 3 is 2.58 bits per heavy atom. The van der Waals surface area contributed by atoms with Crippen LogP contribution < -0.4 is 0 Å². The molecule has 1 N–H and O–H groups in total. The molecule has 3 nitrogen and oxygen atoms in total. The zero-order valence-corrected chi connectivity index (χ0v) is 11.6. The zero-order valence-electron chi connectivity index (χ0n) is 9.98. The third kappa shape index (κ3) is 3.73. The van der Waals surface area contributed by atoms with Crippen LogP contribution in [0.4, 0.5) is 8.78 Å². The number of halogens is 3. The molecule has 0 amide bonds. The maximum Gasteiger partial charge on any atom is 0.339 e. The Balaban J connectivity index is 1.95. The van der Waals surface area contributed by atoms with Crippen LogP contribution in [0.15, 0.2) is 28.7 Å². The van der Waals surface area contributed by atoms with Crippen molar-refractivity contribution < 1.29 is 23.4 Å². The molecule has 1 fully saturated rings. The molecular weight excluding hydrogens is 322 g/mol. The lowest BCUT2D eigenvalue weighted by molar-refractivity contribution is -0.160. The second-order valence-electron chi connectivity index (χ2n) is 4.61. The van der Waals surface area contributed by atoms with Gasteiger partial charge in [-0.15, -0.1) is 0 Å². The van der Waals surface area contributed by atoms with Crippen LogP contribution in [0.3, 0.4) is 0 Å². The highest BCUT2D eigenvalue weighted by molar-refractivity contribution is 9.10. The molecule has 1 aromatic carbocycles. The van der Waals surface area contributed by atoms with Gasteiger partial charge in [0.05, 0.1) is 0 Å². The second-order valence-corrected chi connectivity index (χ2v) is 5.53. The average Bonchev–Trinajstić information content (AvgIpc) is 2.68. The summed E-state index contributed by atoms with van der Waals surface area (Å²) in [7, 11) is 0. The number of carbonyl (C=O) groups excluding carboxylic acids is 1. The number of carbonyl (C=O) groups is 1. The van der Waals surface area contributed by atoms with E-state index in [1.165, 1.54) is 0 Å². The third-order valence-corrected chi connectivity index (χ3v) is 3.58. The van der Waals surface area contributed by atoms with Crippen molar-refractivity contribution in [1.29, 1.82) is 0 Å². The molecule has 0 aromatic heterocycles. The number of benzene rings is 1. The lowest BCUT2D eigenvalue weighted by Gasteiger charge is -2.15. The molecule has 1 aliphatic rings. The molecule has 1 aliphatic carbocycles. The van der Waals surface area contributed by atoms with E-state index in [4.69, 9.17) is 4.74 Å². The van der Waals surface area contributed by atoms with E-state index in [1.54, 1.807) is 24.3 Å². The van der Waals surface area contributed by atoms with Crippen molar-refractivity contribution in [2.75, 3.05) is 0 Å². The minimum atomic E-state index is -2.77. The lowest BCUT2D eigenvalue weighted by atomic mass is 10.1. The largest absolute Gasteiger partial charge is 0.460 e. The average molecular weight is 335 g/mol. The molecule has 6 heteroatoms. The summed E-state index contributed by atoms with van der Waals surface area (Å²) in [6.45, 7) is 0. The fourth-order valence-electron chi connectivity index (χ4n) is 2.02. The van der Waals surface area contributed by atoms with Crippen LogP contribution in [0.25, 0.3) is 0 Å². The van der Waals surface area contributed by atoms with E-state index in [-0.39, 0.29) is 12.8 Å². The van der Waals surface area contributed by atoms with E-state index in [2.05, 4.69) is 15.9 Å². The van der Waals surface area contributed by atoms with E-state index in [9.17, 15) is 18.7 Å². The highest BCUT2D eigenvalue weighted by Gasteiger charge is 2.41. The number of rotatable bonds is 3. The van der Waals surface area contributed by atoms with Gasteiger partial charge in [-0.05, 0) is 24.1 Å². The normalized spacial score (nSPS) is 23.1. The molecule has 0 spiro atoms. The number of hydrogen-bond donors (Lipinski definition) is 1. The SMILES string of the molecule is O=C(O[C@@H]1CCC(F)(F)C1)[C@H](O)c1ccc(Br)cc1. The summed E-state index contributed by atoms with van der Waals surface area (Å²) in [5.74, 6) is -3.65. The van der Waals surface area contributed by atoms with Crippen molar-refractivity contribution in [2.24, 2.45) is 0 Å². The van der Waals surface area contributed by atoms with Crippen LogP contribution in [-0.4, -0.2) is 23.1 Å². The standard InChI is InChI=1S/C13H13BrF2O3/c14-9-3-1-8(2-4-9)11(17)12(18)19-10-5-6-13(15,16)7-10/h1-4,10-11,17H,5-7H2/t10-,11-/m1/s1. The van der Waals surface area contributed by atoms with Crippen LogP contribution in [0.5, 0.6) is 0 Å². The van der Waals surface area contributed by atoms with Gasteiger partial charge in [-0.25, -0.2) is 13.6 Å². The van der Waals surface area contributed by atoms with Gasteiger partial charge in [0.2, 0.25) is 0 Å². The van der Waals surface area contributed by atoms with Crippen LogP contribution in [0, 0.1) is 0 Å². The van der Waals surface area contributed by atoms with Gasteiger partial charge in [-0.1, -0.05) is 28.1 Å². The molecule has 0 unspecified atom stereocenters. The third-order valence-electron chi connectivity index (χ3n) is 3.05. The minimum absolute atomic E-state index is 0.131. The second kappa shape index (κ2) is 5.54. The maximum absolute atomic E-state index is 13.0. The van der Waals surface area contributed by atoms with Crippen molar-refractivity contribution >= 4 is 21.9 Å². The Labute approximate surface area is 117 Å². The summed E-state index contributed by atoms with van der Waals surface area (Å²) in [6, 6.07) is 6.49. The number of hydrogen-bond acceptors (Lipinski definition) is 3. The fraction of sp³-hybridized carbons (Fsp3) is 0.462. The Kier molecular flexibility index (Phi) is 4.20. The van der Waals surface area contributed by atoms with E-state index in [1.807, 2.05) is 0 Å². The molecule has 104 valence electrons. The van der Waals surface area contributed by atoms with Gasteiger partial charge in [0.25, 0.3) is 5.92 Å². The predicted octanol–water partition coefficient (Wildman–Crippen LogP) is 3.21. The fourth-order valence-corrected chi connectivity index (χ4v) is 2.28. The summed E-state index contributed by atoms with van der Waals surface area (Å²) in [5, 5.41) is 9.79. The first-order chi connectivity index (χ1) is 8.87. The maximum atomic E-state index is 13.0.